The number of esters is 1. The maximum absolute atomic E-state index is 12.9. The summed E-state index contributed by atoms with van der Waals surface area (Å²) in [5.41, 5.74) is 2.31. The van der Waals surface area contributed by atoms with E-state index in [2.05, 4.69) is 15.4 Å². The van der Waals surface area contributed by atoms with Crippen molar-refractivity contribution in [2.45, 2.75) is 25.8 Å². The lowest BCUT2D eigenvalue weighted by atomic mass is 10.1. The van der Waals surface area contributed by atoms with E-state index in [0.717, 1.165) is 5.69 Å². The van der Waals surface area contributed by atoms with Crippen molar-refractivity contribution in [2.75, 3.05) is 23.8 Å². The summed E-state index contributed by atoms with van der Waals surface area (Å²) in [4.78, 5) is 25.3. The highest BCUT2D eigenvalue weighted by Crippen LogP contribution is 2.30. The number of carbonyl (C=O) groups excluding carboxylic acids is 2. The number of benzene rings is 2. The predicted molar refractivity (Wildman–Crippen MR) is 120 cm³/mol. The normalized spacial score (nSPS) is 16.3. The lowest BCUT2D eigenvalue weighted by Gasteiger charge is -2.20. The molecule has 3 rings (SSSR count). The van der Waals surface area contributed by atoms with Gasteiger partial charge < -0.3 is 29.4 Å². The predicted octanol–water partition coefficient (Wildman–Crippen LogP) is 2.72. The van der Waals surface area contributed by atoms with Crippen LogP contribution in [0.25, 0.3) is 0 Å². The molecule has 3 N–H and O–H groups in total. The third kappa shape index (κ3) is 5.86. The van der Waals surface area contributed by atoms with Crippen LogP contribution in [0, 0.1) is 0 Å². The first-order valence-electron chi connectivity index (χ1n) is 9.99. The van der Waals surface area contributed by atoms with Gasteiger partial charge in [-0.2, -0.15) is 0 Å². The number of hydrogen-bond acceptors (Lipinski definition) is 7. The fourth-order valence-electron chi connectivity index (χ4n) is 3.41. The van der Waals surface area contributed by atoms with E-state index in [1.165, 1.54) is 24.3 Å². The highest BCUT2D eigenvalue weighted by molar-refractivity contribution is 7.80. The minimum atomic E-state index is -2.45. The van der Waals surface area contributed by atoms with Crippen molar-refractivity contribution in [1.29, 1.82) is 0 Å². The van der Waals surface area contributed by atoms with Crippen LogP contribution in [0.5, 0.6) is 5.75 Å². The molecule has 0 heterocycles. The number of amides is 1. The van der Waals surface area contributed by atoms with Gasteiger partial charge in [-0.15, -0.1) is 0 Å². The zero-order chi connectivity index (χ0) is 23.1. The summed E-state index contributed by atoms with van der Waals surface area (Å²) in [5.74, 6) is -0.202. The van der Waals surface area contributed by atoms with Gasteiger partial charge in [-0.25, -0.2) is 4.79 Å². The molecule has 2 aromatic rings. The number of anilines is 2. The first-order valence-corrected chi connectivity index (χ1v) is 11.1. The van der Waals surface area contributed by atoms with Crippen LogP contribution < -0.4 is 20.1 Å². The van der Waals surface area contributed by atoms with Crippen molar-refractivity contribution >= 4 is 34.5 Å². The topological polar surface area (TPSA) is 129 Å². The molecule has 2 atom stereocenters. The zero-order valence-corrected chi connectivity index (χ0v) is 18.5. The molecule has 0 aromatic heterocycles. The summed E-state index contributed by atoms with van der Waals surface area (Å²) in [6.45, 7) is 1.95. The third-order valence-electron chi connectivity index (χ3n) is 4.89. The molecule has 0 saturated heterocycles. The van der Waals surface area contributed by atoms with Crippen molar-refractivity contribution < 1.29 is 27.8 Å². The van der Waals surface area contributed by atoms with Crippen LogP contribution in [0.4, 0.5) is 11.4 Å². The molecule has 0 radical (unpaired) electrons. The van der Waals surface area contributed by atoms with Gasteiger partial charge in [0.05, 0.1) is 31.0 Å². The Balaban J connectivity index is 1.82. The molecule has 0 spiro atoms. The number of ether oxygens (including phenoxy) is 2. The molecular formula is C22H24N3O6S-. The smallest absolute Gasteiger partial charge is 0.335 e. The van der Waals surface area contributed by atoms with E-state index in [1.807, 2.05) is 24.3 Å². The number of rotatable bonds is 9. The Morgan fingerprint density at radius 1 is 1.16 bits per heavy atom. The van der Waals surface area contributed by atoms with Gasteiger partial charge in [-0.3, -0.25) is 9.00 Å². The van der Waals surface area contributed by atoms with Crippen LogP contribution in [0.15, 0.2) is 59.8 Å². The minimum Gasteiger partial charge on any atom is -0.755 e. The van der Waals surface area contributed by atoms with E-state index in [1.54, 1.807) is 14.0 Å². The molecular weight excluding hydrogens is 434 g/mol. The summed E-state index contributed by atoms with van der Waals surface area (Å²) < 4.78 is 34.1. The van der Waals surface area contributed by atoms with E-state index in [9.17, 15) is 18.4 Å². The van der Waals surface area contributed by atoms with Crippen LogP contribution in [0.3, 0.4) is 0 Å². The number of nitrogens with one attached hydrogen (secondary N) is 3. The molecule has 2 aromatic carbocycles. The molecule has 170 valence electrons. The first kappa shape index (κ1) is 23.3. The fourth-order valence-corrected chi connectivity index (χ4v) is 3.74. The Kier molecular flexibility index (Phi) is 7.85. The van der Waals surface area contributed by atoms with Crippen LogP contribution in [0.2, 0.25) is 0 Å². The summed E-state index contributed by atoms with van der Waals surface area (Å²) in [7, 11) is 1.58. The standard InChI is InChI=1S/C22H25N3O6S/c1-3-31-22(27)18-11-12-19(23-16-5-4-6-17(13-16)30-2)20(18)24-21(26)14-7-9-15(10-8-14)25-32(28)29/h4-10,13,19,23,25H,3,11-12H2,1-2H3,(H,24,26)(H,28,29)/p-1. The van der Waals surface area contributed by atoms with Crippen LogP contribution in [-0.2, 0) is 20.8 Å². The summed E-state index contributed by atoms with van der Waals surface area (Å²) in [6.07, 6.45) is 1.05. The van der Waals surface area contributed by atoms with E-state index < -0.39 is 23.1 Å². The molecule has 0 saturated carbocycles. The SMILES string of the molecule is CCOC(=O)C1=C(NC(=O)c2ccc(NS(=O)[O-])cc2)C(Nc2cccc(OC)c2)CC1. The number of hydrogen-bond donors (Lipinski definition) is 3. The van der Waals surface area contributed by atoms with Gasteiger partial charge >= 0.3 is 5.97 Å². The molecule has 0 bridgehead atoms. The highest BCUT2D eigenvalue weighted by atomic mass is 32.2. The average Bonchev–Trinajstić information content (AvgIpc) is 3.16. The van der Waals surface area contributed by atoms with E-state index in [-0.39, 0.29) is 12.6 Å². The lowest BCUT2D eigenvalue weighted by Crippen LogP contribution is -2.33. The summed E-state index contributed by atoms with van der Waals surface area (Å²) >= 11 is -2.45. The quantitative estimate of drug-likeness (QED) is 0.389. The fraction of sp³-hybridized carbons (Fsp3) is 0.273. The summed E-state index contributed by atoms with van der Waals surface area (Å²) in [5, 5.41) is 6.19. The van der Waals surface area contributed by atoms with Crippen molar-refractivity contribution in [2.24, 2.45) is 0 Å². The maximum atomic E-state index is 12.9. The molecule has 0 fully saturated rings. The van der Waals surface area contributed by atoms with E-state index in [0.29, 0.717) is 41.1 Å². The van der Waals surface area contributed by atoms with Crippen LogP contribution in [-0.4, -0.2) is 40.4 Å². The van der Waals surface area contributed by atoms with Crippen molar-refractivity contribution in [3.8, 4) is 5.75 Å². The molecule has 2 unspecified atom stereocenters. The van der Waals surface area contributed by atoms with Gasteiger partial charge in [-0.1, -0.05) is 6.07 Å². The van der Waals surface area contributed by atoms with Gasteiger partial charge in [0.2, 0.25) is 0 Å². The third-order valence-corrected chi connectivity index (χ3v) is 5.29. The molecule has 0 aliphatic heterocycles. The number of methoxy groups -OCH3 is 1. The molecule has 1 aliphatic carbocycles. The van der Waals surface area contributed by atoms with Gasteiger partial charge in [-0.05, 0) is 56.2 Å². The van der Waals surface area contributed by atoms with Gasteiger partial charge in [0.1, 0.15) is 5.75 Å². The number of carbonyl (C=O) groups is 2. The second kappa shape index (κ2) is 10.8. The lowest BCUT2D eigenvalue weighted by molar-refractivity contribution is -0.138. The minimum absolute atomic E-state index is 0.229. The van der Waals surface area contributed by atoms with Crippen LogP contribution >= 0.6 is 0 Å². The molecule has 1 aliphatic rings. The van der Waals surface area contributed by atoms with Crippen molar-refractivity contribution in [1.82, 2.24) is 5.32 Å². The first-order chi connectivity index (χ1) is 15.4. The second-order valence-corrected chi connectivity index (χ2v) is 7.62. The van der Waals surface area contributed by atoms with Crippen LogP contribution in [0.1, 0.15) is 30.1 Å². The van der Waals surface area contributed by atoms with Gasteiger partial charge in [0, 0.05) is 34.3 Å². The zero-order valence-electron chi connectivity index (χ0n) is 17.7. The Morgan fingerprint density at radius 3 is 2.56 bits per heavy atom. The van der Waals surface area contributed by atoms with Gasteiger partial charge in [0.25, 0.3) is 5.91 Å². The Hall–Kier alpha value is -3.37. The maximum Gasteiger partial charge on any atom is 0.335 e. The Morgan fingerprint density at radius 2 is 1.91 bits per heavy atom. The highest BCUT2D eigenvalue weighted by Gasteiger charge is 2.31. The molecule has 32 heavy (non-hydrogen) atoms. The monoisotopic (exact) mass is 458 g/mol. The van der Waals surface area contributed by atoms with Crippen molar-refractivity contribution in [3.05, 3.63) is 65.4 Å². The van der Waals surface area contributed by atoms with E-state index >= 15 is 0 Å². The molecule has 9 nitrogen and oxygen atoms in total. The van der Waals surface area contributed by atoms with E-state index in [4.69, 9.17) is 9.47 Å². The average molecular weight is 459 g/mol. The largest absolute Gasteiger partial charge is 0.755 e. The molecule has 10 heteroatoms. The Labute approximate surface area is 188 Å². The van der Waals surface area contributed by atoms with Gasteiger partial charge in [0.15, 0.2) is 0 Å². The molecule has 1 amide bonds. The van der Waals surface area contributed by atoms with Crippen molar-refractivity contribution in [3.63, 3.8) is 0 Å². The summed E-state index contributed by atoms with van der Waals surface area (Å²) in [6, 6.07) is 13.0. The Bertz CT molecular complexity index is 1040. The second-order valence-electron chi connectivity index (χ2n) is 6.95.